The lowest BCUT2D eigenvalue weighted by atomic mass is 10.2. The molecule has 1 fully saturated rings. The number of ether oxygens (including phenoxy) is 1. The maximum Gasteiger partial charge on any atom is 0.133 e. The van der Waals surface area contributed by atoms with Gasteiger partial charge in [-0.1, -0.05) is 25.4 Å². The molecule has 1 saturated heterocycles. The number of fused-ring (bicyclic) bond motifs is 1. The molecule has 0 radical (unpaired) electrons. The van der Waals surface area contributed by atoms with Gasteiger partial charge in [0, 0.05) is 26.2 Å². The first-order chi connectivity index (χ1) is 11.2. The van der Waals surface area contributed by atoms with Crippen LogP contribution in [0.3, 0.4) is 0 Å². The number of halogens is 3. The fourth-order valence-corrected chi connectivity index (χ4v) is 3.29. The van der Waals surface area contributed by atoms with Crippen molar-refractivity contribution in [2.75, 3.05) is 31.1 Å². The molecular weight excluding hydrogens is 383 g/mol. The van der Waals surface area contributed by atoms with Crippen LogP contribution in [0.2, 0.25) is 5.02 Å². The van der Waals surface area contributed by atoms with E-state index in [9.17, 15) is 0 Å². The van der Waals surface area contributed by atoms with Crippen molar-refractivity contribution in [1.29, 1.82) is 0 Å². The summed E-state index contributed by atoms with van der Waals surface area (Å²) in [6.45, 7) is 8.73. The summed E-state index contributed by atoms with van der Waals surface area (Å²) < 4.78 is 5.89. The zero-order valence-corrected chi connectivity index (χ0v) is 17.1. The maximum atomic E-state index is 6.48. The zero-order chi connectivity index (χ0) is 16.2. The quantitative estimate of drug-likeness (QED) is 0.751. The predicted octanol–water partition coefficient (Wildman–Crippen LogP) is 4.17. The highest BCUT2D eigenvalue weighted by Gasteiger charge is 2.16. The third-order valence-corrected chi connectivity index (χ3v) is 4.73. The Balaban J connectivity index is 0.00000156. The van der Waals surface area contributed by atoms with E-state index in [2.05, 4.69) is 40.1 Å². The van der Waals surface area contributed by atoms with Crippen LogP contribution in [0.4, 0.5) is 5.69 Å². The van der Waals surface area contributed by atoms with Crippen LogP contribution in [0.25, 0.3) is 11.0 Å². The van der Waals surface area contributed by atoms with Gasteiger partial charge in [-0.15, -0.1) is 24.8 Å². The lowest BCUT2D eigenvalue weighted by molar-refractivity contribution is 0.0325. The summed E-state index contributed by atoms with van der Waals surface area (Å²) in [5.41, 5.74) is 2.99. The molecule has 0 bridgehead atoms. The number of hydrogen-bond donors (Lipinski definition) is 2. The van der Waals surface area contributed by atoms with Crippen LogP contribution in [0, 0.1) is 0 Å². The second-order valence-corrected chi connectivity index (χ2v) is 6.40. The van der Waals surface area contributed by atoms with Crippen molar-refractivity contribution in [3.8, 4) is 0 Å². The van der Waals surface area contributed by atoms with Crippen molar-refractivity contribution in [3.05, 3.63) is 23.0 Å². The molecule has 1 aliphatic rings. The molecule has 1 aromatic heterocycles. The van der Waals surface area contributed by atoms with Gasteiger partial charge in [0.2, 0.25) is 0 Å². The minimum atomic E-state index is 0. The standard InChI is InChI=1S/C17H25ClN4O.2ClH/c1-3-12(4-2)23-11-17-20-14-9-13(18)16(10-15(14)21-17)22-7-5-19-6-8-22;;/h9-10,12,19H,3-8,11H2,1-2H3,(H,20,21);2*1H. The Labute approximate surface area is 166 Å². The number of rotatable bonds is 6. The molecule has 142 valence electrons. The Morgan fingerprint density at radius 2 is 1.88 bits per heavy atom. The van der Waals surface area contributed by atoms with Gasteiger partial charge in [0.15, 0.2) is 0 Å². The van der Waals surface area contributed by atoms with Crippen LogP contribution in [-0.4, -0.2) is 42.3 Å². The second-order valence-electron chi connectivity index (χ2n) is 5.99. The summed E-state index contributed by atoms with van der Waals surface area (Å²) in [5.74, 6) is 0.862. The zero-order valence-electron chi connectivity index (χ0n) is 14.7. The summed E-state index contributed by atoms with van der Waals surface area (Å²) in [4.78, 5) is 10.3. The molecule has 0 amide bonds. The van der Waals surface area contributed by atoms with E-state index in [-0.39, 0.29) is 24.8 Å². The van der Waals surface area contributed by atoms with E-state index in [0.29, 0.717) is 12.7 Å². The minimum Gasteiger partial charge on any atom is -0.370 e. The van der Waals surface area contributed by atoms with Crippen LogP contribution >= 0.6 is 36.4 Å². The monoisotopic (exact) mass is 408 g/mol. The van der Waals surface area contributed by atoms with Gasteiger partial charge in [0.1, 0.15) is 12.4 Å². The molecule has 8 heteroatoms. The van der Waals surface area contributed by atoms with Crippen molar-refractivity contribution in [3.63, 3.8) is 0 Å². The van der Waals surface area contributed by atoms with Gasteiger partial charge in [0.25, 0.3) is 0 Å². The van der Waals surface area contributed by atoms with E-state index in [4.69, 9.17) is 16.3 Å². The van der Waals surface area contributed by atoms with Crippen LogP contribution in [0.15, 0.2) is 12.1 Å². The summed E-state index contributed by atoms with van der Waals surface area (Å²) in [6, 6.07) is 4.06. The number of H-pyrrole nitrogens is 1. The summed E-state index contributed by atoms with van der Waals surface area (Å²) >= 11 is 6.48. The van der Waals surface area contributed by atoms with E-state index < -0.39 is 0 Å². The number of nitrogens with one attached hydrogen (secondary N) is 2. The van der Waals surface area contributed by atoms with Gasteiger partial charge in [-0.25, -0.2) is 4.98 Å². The highest BCUT2D eigenvalue weighted by atomic mass is 35.5. The molecule has 0 unspecified atom stereocenters. The summed E-state index contributed by atoms with van der Waals surface area (Å²) in [7, 11) is 0. The number of nitrogens with zero attached hydrogens (tertiary/aromatic N) is 2. The lowest BCUT2D eigenvalue weighted by Gasteiger charge is -2.30. The number of aromatic nitrogens is 2. The minimum absolute atomic E-state index is 0. The topological polar surface area (TPSA) is 53.2 Å². The number of piperazine rings is 1. The molecule has 3 rings (SSSR count). The van der Waals surface area contributed by atoms with Gasteiger partial charge in [-0.2, -0.15) is 0 Å². The molecule has 2 aromatic rings. The molecular formula is C17H27Cl3N4O. The van der Waals surface area contributed by atoms with Gasteiger partial charge in [-0.05, 0) is 25.0 Å². The molecule has 0 atom stereocenters. The van der Waals surface area contributed by atoms with Crippen LogP contribution in [-0.2, 0) is 11.3 Å². The molecule has 2 N–H and O–H groups in total. The number of anilines is 1. The fourth-order valence-electron chi connectivity index (χ4n) is 3.01. The molecule has 1 aromatic carbocycles. The van der Waals surface area contributed by atoms with Crippen LogP contribution in [0.5, 0.6) is 0 Å². The van der Waals surface area contributed by atoms with E-state index in [1.165, 1.54) is 0 Å². The molecule has 25 heavy (non-hydrogen) atoms. The fraction of sp³-hybridized carbons (Fsp3) is 0.588. The number of hydrogen-bond acceptors (Lipinski definition) is 4. The molecule has 5 nitrogen and oxygen atoms in total. The smallest absolute Gasteiger partial charge is 0.133 e. The van der Waals surface area contributed by atoms with Crippen molar-refractivity contribution in [2.24, 2.45) is 0 Å². The third-order valence-electron chi connectivity index (χ3n) is 4.42. The third kappa shape index (κ3) is 5.38. The van der Waals surface area contributed by atoms with Crippen molar-refractivity contribution < 1.29 is 4.74 Å². The Kier molecular flexibility index (Phi) is 9.32. The van der Waals surface area contributed by atoms with Gasteiger partial charge in [-0.3, -0.25) is 0 Å². The summed E-state index contributed by atoms with van der Waals surface area (Å²) in [6.07, 6.45) is 2.34. The molecule has 0 aliphatic carbocycles. The first kappa shape index (κ1) is 22.3. The van der Waals surface area contributed by atoms with Gasteiger partial charge < -0.3 is 19.9 Å². The van der Waals surface area contributed by atoms with Crippen molar-refractivity contribution in [1.82, 2.24) is 15.3 Å². The number of benzene rings is 1. The predicted molar refractivity (Wildman–Crippen MR) is 110 cm³/mol. The molecule has 1 aliphatic heterocycles. The van der Waals surface area contributed by atoms with Gasteiger partial charge in [0.05, 0.1) is 27.8 Å². The second kappa shape index (κ2) is 10.4. The Morgan fingerprint density at radius 3 is 2.52 bits per heavy atom. The molecule has 0 saturated carbocycles. The Hall–Kier alpha value is -0.720. The number of imidazole rings is 1. The van der Waals surface area contributed by atoms with Crippen molar-refractivity contribution in [2.45, 2.75) is 39.4 Å². The average Bonchev–Trinajstić information content (AvgIpc) is 2.97. The highest BCUT2D eigenvalue weighted by Crippen LogP contribution is 2.30. The number of aromatic amines is 1. The Bertz CT molecular complexity index is 655. The van der Waals surface area contributed by atoms with Crippen LogP contribution < -0.4 is 10.2 Å². The Morgan fingerprint density at radius 1 is 1.20 bits per heavy atom. The SMILES string of the molecule is CCC(CC)OCc1nc2cc(N3CCNCC3)c(Cl)cc2[nH]1.Cl.Cl. The van der Waals surface area contributed by atoms with E-state index in [1.807, 2.05) is 6.07 Å². The van der Waals surface area contributed by atoms with E-state index >= 15 is 0 Å². The normalized spacial score (nSPS) is 14.5. The maximum absolute atomic E-state index is 6.48. The molecule has 0 spiro atoms. The summed E-state index contributed by atoms with van der Waals surface area (Å²) in [5, 5.41) is 4.13. The molecule has 2 heterocycles. The largest absolute Gasteiger partial charge is 0.370 e. The van der Waals surface area contributed by atoms with Crippen LogP contribution in [0.1, 0.15) is 32.5 Å². The van der Waals surface area contributed by atoms with Gasteiger partial charge >= 0.3 is 0 Å². The van der Waals surface area contributed by atoms with E-state index in [0.717, 1.165) is 66.6 Å². The first-order valence-corrected chi connectivity index (χ1v) is 8.84. The van der Waals surface area contributed by atoms with E-state index in [1.54, 1.807) is 0 Å². The average molecular weight is 410 g/mol. The lowest BCUT2D eigenvalue weighted by Crippen LogP contribution is -2.43. The highest BCUT2D eigenvalue weighted by molar-refractivity contribution is 6.34. The first-order valence-electron chi connectivity index (χ1n) is 8.46. The van der Waals surface area contributed by atoms with Crippen molar-refractivity contribution >= 4 is 53.1 Å².